The van der Waals surface area contributed by atoms with Crippen LogP contribution in [0.25, 0.3) is 5.69 Å². The van der Waals surface area contributed by atoms with Gasteiger partial charge in [0.2, 0.25) is 0 Å². The van der Waals surface area contributed by atoms with Gasteiger partial charge in [0.25, 0.3) is 0 Å². The summed E-state index contributed by atoms with van der Waals surface area (Å²) in [6, 6.07) is 6.13. The zero-order valence-electron chi connectivity index (χ0n) is 8.24. The van der Waals surface area contributed by atoms with Crippen LogP contribution in [0.1, 0.15) is 12.7 Å². The fourth-order valence-corrected chi connectivity index (χ4v) is 2.73. The zero-order valence-corrected chi connectivity index (χ0v) is 11.4. The first kappa shape index (κ1) is 10.9. The third-order valence-electron chi connectivity index (χ3n) is 2.20. The number of halogens is 2. The molecule has 0 radical (unpaired) electrons. The van der Waals surface area contributed by atoms with Gasteiger partial charge < -0.3 is 4.57 Å². The summed E-state index contributed by atoms with van der Waals surface area (Å²) >= 11 is 6.99. The van der Waals surface area contributed by atoms with Crippen molar-refractivity contribution in [2.24, 2.45) is 0 Å². The predicted octanol–water partition coefficient (Wildman–Crippen LogP) is 3.96. The molecular formula is C11H10Br2N2. The summed E-state index contributed by atoms with van der Waals surface area (Å²) in [6.45, 7) is 2.10. The monoisotopic (exact) mass is 328 g/mol. The van der Waals surface area contributed by atoms with Crippen LogP contribution in [-0.4, -0.2) is 9.55 Å². The van der Waals surface area contributed by atoms with E-state index in [4.69, 9.17) is 0 Å². The lowest BCUT2D eigenvalue weighted by Crippen LogP contribution is -1.99. The molecular weight excluding hydrogens is 320 g/mol. The molecule has 0 saturated carbocycles. The normalized spacial score (nSPS) is 10.6. The molecule has 15 heavy (non-hydrogen) atoms. The van der Waals surface area contributed by atoms with E-state index in [2.05, 4.69) is 54.4 Å². The smallest absolute Gasteiger partial charge is 0.112 e. The van der Waals surface area contributed by atoms with Crippen molar-refractivity contribution in [3.05, 3.63) is 45.4 Å². The van der Waals surface area contributed by atoms with Crippen LogP contribution in [0.15, 0.2) is 39.5 Å². The summed E-state index contributed by atoms with van der Waals surface area (Å²) in [5.74, 6) is 1.07. The van der Waals surface area contributed by atoms with E-state index >= 15 is 0 Å². The molecule has 0 saturated heterocycles. The third kappa shape index (κ3) is 2.16. The Balaban J connectivity index is 2.54. The van der Waals surface area contributed by atoms with Gasteiger partial charge in [-0.2, -0.15) is 0 Å². The van der Waals surface area contributed by atoms with Crippen LogP contribution in [-0.2, 0) is 6.42 Å². The van der Waals surface area contributed by atoms with Gasteiger partial charge >= 0.3 is 0 Å². The van der Waals surface area contributed by atoms with E-state index in [1.54, 1.807) is 0 Å². The van der Waals surface area contributed by atoms with Crippen LogP contribution in [0.3, 0.4) is 0 Å². The number of hydrogen-bond donors (Lipinski definition) is 0. The Labute approximate surface area is 106 Å². The fourth-order valence-electron chi connectivity index (χ4n) is 1.49. The number of aromatic nitrogens is 2. The molecule has 0 amide bonds. The lowest BCUT2D eigenvalue weighted by molar-refractivity contribution is 0.888. The lowest BCUT2D eigenvalue weighted by Gasteiger charge is -2.08. The van der Waals surface area contributed by atoms with Gasteiger partial charge in [0.1, 0.15) is 5.82 Å². The largest absolute Gasteiger partial charge is 0.303 e. The van der Waals surface area contributed by atoms with Gasteiger partial charge in [0.15, 0.2) is 0 Å². The molecule has 1 heterocycles. The number of rotatable bonds is 2. The van der Waals surface area contributed by atoms with Gasteiger partial charge in [0.05, 0.1) is 5.69 Å². The van der Waals surface area contributed by atoms with Crippen molar-refractivity contribution in [3.8, 4) is 5.69 Å². The SMILES string of the molecule is CCc1nccn1-c1ccc(Br)cc1Br. The number of aryl methyl sites for hydroxylation is 1. The minimum Gasteiger partial charge on any atom is -0.303 e. The molecule has 0 N–H and O–H groups in total. The third-order valence-corrected chi connectivity index (χ3v) is 3.33. The van der Waals surface area contributed by atoms with Crippen molar-refractivity contribution in [2.75, 3.05) is 0 Å². The van der Waals surface area contributed by atoms with E-state index in [1.165, 1.54) is 0 Å². The van der Waals surface area contributed by atoms with Gasteiger partial charge in [-0.1, -0.05) is 22.9 Å². The average molecular weight is 330 g/mol. The number of benzene rings is 1. The molecule has 2 nitrogen and oxygen atoms in total. The Hall–Kier alpha value is -0.610. The van der Waals surface area contributed by atoms with Crippen molar-refractivity contribution in [3.63, 3.8) is 0 Å². The molecule has 2 aromatic rings. The summed E-state index contributed by atoms with van der Waals surface area (Å²) in [5, 5.41) is 0. The van der Waals surface area contributed by atoms with Gasteiger partial charge in [-0.05, 0) is 34.1 Å². The first-order valence-corrected chi connectivity index (χ1v) is 6.28. The van der Waals surface area contributed by atoms with Crippen LogP contribution < -0.4 is 0 Å². The minimum absolute atomic E-state index is 0.926. The second kappa shape index (κ2) is 4.49. The molecule has 0 aliphatic rings. The zero-order chi connectivity index (χ0) is 10.8. The van der Waals surface area contributed by atoms with Crippen LogP contribution in [0.4, 0.5) is 0 Å². The first-order valence-electron chi connectivity index (χ1n) is 4.70. The molecule has 1 aromatic carbocycles. The summed E-state index contributed by atoms with van der Waals surface area (Å²) < 4.78 is 4.22. The van der Waals surface area contributed by atoms with Crippen molar-refractivity contribution < 1.29 is 0 Å². The van der Waals surface area contributed by atoms with E-state index < -0.39 is 0 Å². The van der Waals surface area contributed by atoms with Crippen molar-refractivity contribution in [1.82, 2.24) is 9.55 Å². The highest BCUT2D eigenvalue weighted by molar-refractivity contribution is 9.11. The lowest BCUT2D eigenvalue weighted by atomic mass is 10.3. The Morgan fingerprint density at radius 2 is 2.13 bits per heavy atom. The van der Waals surface area contributed by atoms with Crippen LogP contribution in [0, 0.1) is 0 Å². The Morgan fingerprint density at radius 3 is 2.80 bits per heavy atom. The molecule has 0 aliphatic heterocycles. The molecule has 2 rings (SSSR count). The highest BCUT2D eigenvalue weighted by Gasteiger charge is 2.06. The van der Waals surface area contributed by atoms with E-state index in [-0.39, 0.29) is 0 Å². The van der Waals surface area contributed by atoms with Crippen LogP contribution in [0.2, 0.25) is 0 Å². The molecule has 0 bridgehead atoms. The van der Waals surface area contributed by atoms with Gasteiger partial charge in [-0.3, -0.25) is 0 Å². The van der Waals surface area contributed by atoms with Crippen molar-refractivity contribution in [1.29, 1.82) is 0 Å². The highest BCUT2D eigenvalue weighted by Crippen LogP contribution is 2.25. The summed E-state index contributed by atoms with van der Waals surface area (Å²) in [7, 11) is 0. The summed E-state index contributed by atoms with van der Waals surface area (Å²) in [6.07, 6.45) is 4.73. The van der Waals surface area contributed by atoms with Gasteiger partial charge in [-0.15, -0.1) is 0 Å². The maximum absolute atomic E-state index is 4.31. The van der Waals surface area contributed by atoms with E-state index in [9.17, 15) is 0 Å². The second-order valence-corrected chi connectivity index (χ2v) is 4.93. The molecule has 0 aliphatic carbocycles. The standard InChI is InChI=1S/C11H10Br2N2/c1-2-11-14-5-6-15(11)10-4-3-8(12)7-9(10)13/h3-7H,2H2,1H3. The molecule has 0 spiro atoms. The van der Waals surface area contributed by atoms with Crippen LogP contribution in [0.5, 0.6) is 0 Å². The molecule has 0 atom stereocenters. The predicted molar refractivity (Wildman–Crippen MR) is 68.3 cm³/mol. The number of imidazole rings is 1. The van der Waals surface area contributed by atoms with Gasteiger partial charge in [-0.25, -0.2) is 4.98 Å². The maximum atomic E-state index is 4.31. The molecule has 1 aromatic heterocycles. The maximum Gasteiger partial charge on any atom is 0.112 e. The Morgan fingerprint density at radius 1 is 1.33 bits per heavy atom. The first-order chi connectivity index (χ1) is 7.22. The molecule has 4 heteroatoms. The minimum atomic E-state index is 0.926. The van der Waals surface area contributed by atoms with E-state index in [0.717, 1.165) is 26.9 Å². The number of nitrogens with zero attached hydrogens (tertiary/aromatic N) is 2. The summed E-state index contributed by atoms with van der Waals surface area (Å²) in [5.41, 5.74) is 1.12. The van der Waals surface area contributed by atoms with Gasteiger partial charge in [0, 0.05) is 27.8 Å². The topological polar surface area (TPSA) is 17.8 Å². The highest BCUT2D eigenvalue weighted by atomic mass is 79.9. The average Bonchev–Trinajstić information content (AvgIpc) is 2.65. The quantitative estimate of drug-likeness (QED) is 0.815. The molecule has 78 valence electrons. The summed E-state index contributed by atoms with van der Waals surface area (Å²) in [4.78, 5) is 4.31. The fraction of sp³-hybridized carbons (Fsp3) is 0.182. The Kier molecular flexibility index (Phi) is 3.26. The molecule has 0 fully saturated rings. The van der Waals surface area contributed by atoms with Crippen molar-refractivity contribution >= 4 is 31.9 Å². The van der Waals surface area contributed by atoms with Crippen molar-refractivity contribution in [2.45, 2.75) is 13.3 Å². The van der Waals surface area contributed by atoms with E-state index in [0.29, 0.717) is 0 Å². The van der Waals surface area contributed by atoms with E-state index in [1.807, 2.05) is 24.5 Å². The Bertz CT molecular complexity index is 477. The van der Waals surface area contributed by atoms with Crippen LogP contribution >= 0.6 is 31.9 Å². The second-order valence-electron chi connectivity index (χ2n) is 3.16. The molecule has 0 unspecified atom stereocenters. The number of hydrogen-bond acceptors (Lipinski definition) is 1.